The van der Waals surface area contributed by atoms with E-state index >= 15 is 0 Å². The molecule has 16 heavy (non-hydrogen) atoms. The van der Waals surface area contributed by atoms with Crippen LogP contribution < -0.4 is 5.32 Å². The Morgan fingerprint density at radius 1 is 1.12 bits per heavy atom. The number of carbonyl (C=O) groups excluding carboxylic acids is 1. The number of hydrogen-bond acceptors (Lipinski definition) is 4. The Kier molecular flexibility index (Phi) is 4.60. The molecule has 4 N–H and O–H groups in total. The van der Waals surface area contributed by atoms with E-state index in [0.717, 1.165) is 6.07 Å². The largest absolute Gasteiger partial charge is 0.508 e. The summed E-state index contributed by atoms with van der Waals surface area (Å²) in [6.45, 7) is 0.554. The first-order chi connectivity index (χ1) is 7.63. The number of phenolic OH excluding ortho intramolecular Hbond substituents is 2. The van der Waals surface area contributed by atoms with Crippen LogP contribution in [0.25, 0.3) is 0 Å². The van der Waals surface area contributed by atoms with Crippen LogP contribution in [0.5, 0.6) is 11.5 Å². The highest BCUT2D eigenvalue weighted by Gasteiger charge is 2.07. The van der Waals surface area contributed by atoms with Gasteiger partial charge in [0.25, 0.3) is 5.91 Å². The summed E-state index contributed by atoms with van der Waals surface area (Å²) >= 11 is 0. The van der Waals surface area contributed by atoms with Gasteiger partial charge in [-0.15, -0.1) is 0 Å². The minimum absolute atomic E-state index is 0.1000. The number of aliphatic hydroxyl groups is 1. The van der Waals surface area contributed by atoms with E-state index in [9.17, 15) is 15.0 Å². The van der Waals surface area contributed by atoms with Gasteiger partial charge in [0.15, 0.2) is 0 Å². The molecule has 0 saturated carbocycles. The lowest BCUT2D eigenvalue weighted by atomic mass is 10.2. The highest BCUT2D eigenvalue weighted by atomic mass is 16.3. The van der Waals surface area contributed by atoms with E-state index in [-0.39, 0.29) is 29.6 Å². The number of carbonyl (C=O) groups is 1. The van der Waals surface area contributed by atoms with Crippen molar-refractivity contribution >= 4 is 5.91 Å². The molecule has 0 heterocycles. The minimum atomic E-state index is -0.357. The van der Waals surface area contributed by atoms with E-state index in [1.807, 2.05) is 0 Å². The number of aliphatic hydroxyl groups excluding tert-OH is 1. The number of nitrogens with one attached hydrogen (secondary N) is 1. The first-order valence-electron chi connectivity index (χ1n) is 5.05. The van der Waals surface area contributed by atoms with Crippen LogP contribution in [0.2, 0.25) is 0 Å². The molecular weight excluding hydrogens is 210 g/mol. The highest BCUT2D eigenvalue weighted by Crippen LogP contribution is 2.20. The first kappa shape index (κ1) is 12.3. The molecule has 0 unspecified atom stereocenters. The van der Waals surface area contributed by atoms with Crippen LogP contribution in [-0.2, 0) is 0 Å². The van der Waals surface area contributed by atoms with Crippen LogP contribution in [0.4, 0.5) is 0 Å². The summed E-state index contributed by atoms with van der Waals surface area (Å²) < 4.78 is 0. The molecule has 5 heteroatoms. The Labute approximate surface area is 93.4 Å². The molecule has 88 valence electrons. The van der Waals surface area contributed by atoms with Gasteiger partial charge in [0.1, 0.15) is 11.5 Å². The summed E-state index contributed by atoms with van der Waals surface area (Å²) in [7, 11) is 0. The molecule has 0 fully saturated rings. The van der Waals surface area contributed by atoms with Gasteiger partial charge in [-0.1, -0.05) is 0 Å². The quantitative estimate of drug-likeness (QED) is 0.552. The number of amides is 1. The summed E-state index contributed by atoms with van der Waals surface area (Å²) in [5.74, 6) is -0.662. The maximum Gasteiger partial charge on any atom is 0.251 e. The van der Waals surface area contributed by atoms with Crippen molar-refractivity contribution in [2.45, 2.75) is 12.8 Å². The predicted octanol–water partition coefficient (Wildman–Crippen LogP) is 0.600. The molecule has 1 amide bonds. The van der Waals surface area contributed by atoms with Gasteiger partial charge < -0.3 is 20.6 Å². The van der Waals surface area contributed by atoms with Crippen LogP contribution in [0.15, 0.2) is 18.2 Å². The summed E-state index contributed by atoms with van der Waals surface area (Å²) in [6.07, 6.45) is 1.32. The predicted molar refractivity (Wildman–Crippen MR) is 58.4 cm³/mol. The monoisotopic (exact) mass is 225 g/mol. The third-order valence-electron chi connectivity index (χ3n) is 2.04. The lowest BCUT2D eigenvalue weighted by molar-refractivity contribution is 0.0951. The molecule has 0 aliphatic carbocycles. The smallest absolute Gasteiger partial charge is 0.251 e. The summed E-state index contributed by atoms with van der Waals surface area (Å²) in [4.78, 5) is 11.5. The summed E-state index contributed by atoms with van der Waals surface area (Å²) in [6, 6.07) is 3.71. The first-order valence-corrected chi connectivity index (χ1v) is 5.05. The number of aromatic hydroxyl groups is 2. The molecule has 1 aromatic rings. The second-order valence-electron chi connectivity index (χ2n) is 3.42. The standard InChI is InChI=1S/C11H15NO4/c13-4-2-1-3-12-11(16)8-5-9(14)7-10(15)6-8/h5-7,13-15H,1-4H2,(H,12,16). The molecule has 1 aromatic carbocycles. The van der Waals surface area contributed by atoms with E-state index in [1.54, 1.807) is 0 Å². The average molecular weight is 225 g/mol. The van der Waals surface area contributed by atoms with Gasteiger partial charge in [0.05, 0.1) is 0 Å². The highest BCUT2D eigenvalue weighted by molar-refractivity contribution is 5.94. The molecule has 0 aliphatic rings. The number of hydrogen-bond donors (Lipinski definition) is 4. The number of benzene rings is 1. The van der Waals surface area contributed by atoms with Gasteiger partial charge in [-0.05, 0) is 25.0 Å². The van der Waals surface area contributed by atoms with E-state index in [0.29, 0.717) is 19.4 Å². The Hall–Kier alpha value is -1.75. The van der Waals surface area contributed by atoms with E-state index in [4.69, 9.17) is 5.11 Å². The van der Waals surface area contributed by atoms with Crippen molar-refractivity contribution in [2.24, 2.45) is 0 Å². The molecule has 0 aliphatic heterocycles. The molecule has 0 atom stereocenters. The fourth-order valence-corrected chi connectivity index (χ4v) is 1.27. The summed E-state index contributed by atoms with van der Waals surface area (Å²) in [5.41, 5.74) is 0.210. The van der Waals surface area contributed by atoms with Crippen molar-refractivity contribution in [1.29, 1.82) is 0 Å². The Morgan fingerprint density at radius 3 is 2.31 bits per heavy atom. The van der Waals surface area contributed by atoms with Gasteiger partial charge in [0, 0.05) is 24.8 Å². The zero-order chi connectivity index (χ0) is 12.0. The van der Waals surface area contributed by atoms with Gasteiger partial charge in [-0.25, -0.2) is 0 Å². The lowest BCUT2D eigenvalue weighted by Crippen LogP contribution is -2.24. The second-order valence-corrected chi connectivity index (χ2v) is 3.42. The van der Waals surface area contributed by atoms with Crippen molar-refractivity contribution in [1.82, 2.24) is 5.32 Å². The lowest BCUT2D eigenvalue weighted by Gasteiger charge is -2.05. The van der Waals surface area contributed by atoms with Crippen LogP contribution in [0.1, 0.15) is 23.2 Å². The van der Waals surface area contributed by atoms with Crippen LogP contribution >= 0.6 is 0 Å². The third kappa shape index (κ3) is 3.78. The van der Waals surface area contributed by atoms with Crippen LogP contribution in [-0.4, -0.2) is 34.4 Å². The van der Waals surface area contributed by atoms with Gasteiger partial charge in [-0.2, -0.15) is 0 Å². The molecular formula is C11H15NO4. The van der Waals surface area contributed by atoms with Crippen LogP contribution in [0.3, 0.4) is 0 Å². The maximum absolute atomic E-state index is 11.5. The van der Waals surface area contributed by atoms with Crippen molar-refractivity contribution in [3.05, 3.63) is 23.8 Å². The Balaban J connectivity index is 2.52. The normalized spacial score (nSPS) is 10.1. The molecule has 0 spiro atoms. The van der Waals surface area contributed by atoms with Crippen molar-refractivity contribution in [3.63, 3.8) is 0 Å². The van der Waals surface area contributed by atoms with E-state index in [2.05, 4.69) is 5.32 Å². The molecule has 0 aromatic heterocycles. The Bertz CT molecular complexity index is 345. The van der Waals surface area contributed by atoms with Gasteiger partial charge >= 0.3 is 0 Å². The third-order valence-corrected chi connectivity index (χ3v) is 2.04. The fraction of sp³-hybridized carbons (Fsp3) is 0.364. The zero-order valence-corrected chi connectivity index (χ0v) is 8.81. The molecule has 1 rings (SSSR count). The summed E-state index contributed by atoms with van der Waals surface area (Å²) in [5, 5.41) is 29.5. The zero-order valence-electron chi connectivity index (χ0n) is 8.81. The SMILES string of the molecule is O=C(NCCCCO)c1cc(O)cc(O)c1. The minimum Gasteiger partial charge on any atom is -0.508 e. The molecule has 0 radical (unpaired) electrons. The van der Waals surface area contributed by atoms with Crippen molar-refractivity contribution in [3.8, 4) is 11.5 Å². The molecule has 0 saturated heterocycles. The van der Waals surface area contributed by atoms with Gasteiger partial charge in [-0.3, -0.25) is 4.79 Å². The maximum atomic E-state index is 11.5. The average Bonchev–Trinajstić information content (AvgIpc) is 2.22. The van der Waals surface area contributed by atoms with Crippen molar-refractivity contribution in [2.75, 3.05) is 13.2 Å². The number of rotatable bonds is 5. The topological polar surface area (TPSA) is 89.8 Å². The number of phenols is 2. The van der Waals surface area contributed by atoms with Gasteiger partial charge in [0.2, 0.25) is 0 Å². The molecule has 0 bridgehead atoms. The van der Waals surface area contributed by atoms with E-state index in [1.165, 1.54) is 12.1 Å². The van der Waals surface area contributed by atoms with Crippen LogP contribution in [0, 0.1) is 0 Å². The molecule has 5 nitrogen and oxygen atoms in total. The van der Waals surface area contributed by atoms with Crippen molar-refractivity contribution < 1.29 is 20.1 Å². The second kappa shape index (κ2) is 5.97. The Morgan fingerprint density at radius 2 is 1.75 bits per heavy atom. The fourth-order valence-electron chi connectivity index (χ4n) is 1.27. The van der Waals surface area contributed by atoms with E-state index < -0.39 is 0 Å². The number of unbranched alkanes of at least 4 members (excludes halogenated alkanes) is 1.